The minimum absolute atomic E-state index is 0.0564. The van der Waals surface area contributed by atoms with Gasteiger partial charge >= 0.3 is 0 Å². The number of halogens is 1. The fourth-order valence-corrected chi connectivity index (χ4v) is 6.28. The summed E-state index contributed by atoms with van der Waals surface area (Å²) in [4.78, 5) is 12.9. The Labute approximate surface area is 199 Å². The number of aromatic nitrogens is 2. The molecule has 0 saturated heterocycles. The normalized spacial score (nSPS) is 13.1. The molecule has 0 atom stereocenters. The van der Waals surface area contributed by atoms with Crippen molar-refractivity contribution in [2.45, 2.75) is 11.3 Å². The van der Waals surface area contributed by atoms with E-state index in [4.69, 9.17) is 11.6 Å². The van der Waals surface area contributed by atoms with Gasteiger partial charge < -0.3 is 0 Å². The summed E-state index contributed by atoms with van der Waals surface area (Å²) in [6.45, 7) is 0.369. The zero-order valence-electron chi connectivity index (χ0n) is 17.1. The van der Waals surface area contributed by atoms with E-state index in [0.29, 0.717) is 28.7 Å². The van der Waals surface area contributed by atoms with Crippen LogP contribution in [0.25, 0.3) is 10.6 Å². The third-order valence-electron chi connectivity index (χ3n) is 5.28. The number of anilines is 2. The van der Waals surface area contributed by atoms with Crippen LogP contribution in [0.1, 0.15) is 15.9 Å². The van der Waals surface area contributed by atoms with E-state index in [9.17, 15) is 13.2 Å². The lowest BCUT2D eigenvalue weighted by Gasteiger charge is -2.19. The van der Waals surface area contributed by atoms with Crippen LogP contribution >= 0.6 is 22.9 Å². The van der Waals surface area contributed by atoms with E-state index < -0.39 is 15.9 Å². The van der Waals surface area contributed by atoms with Gasteiger partial charge in [0.2, 0.25) is 5.13 Å². The molecule has 0 unspecified atom stereocenters. The number of amides is 1. The maximum atomic E-state index is 13.3. The number of carbonyl (C=O) groups excluding carboxylic acids is 1. The highest BCUT2D eigenvalue weighted by Gasteiger charge is 2.31. The molecule has 0 saturated carbocycles. The van der Waals surface area contributed by atoms with Gasteiger partial charge in [-0.2, -0.15) is 0 Å². The Kier molecular flexibility index (Phi) is 5.61. The lowest BCUT2D eigenvalue weighted by molar-refractivity contribution is 0.102. The average Bonchev–Trinajstić information content (AvgIpc) is 3.47. The molecule has 2 heterocycles. The average molecular weight is 497 g/mol. The molecule has 33 heavy (non-hydrogen) atoms. The second-order valence-electron chi connectivity index (χ2n) is 7.33. The molecule has 7 nitrogen and oxygen atoms in total. The molecule has 3 aromatic carbocycles. The molecular weight excluding hydrogens is 480 g/mol. The predicted molar refractivity (Wildman–Crippen MR) is 129 cm³/mol. The minimum Gasteiger partial charge on any atom is -0.296 e. The fraction of sp³-hybridized carbons (Fsp3) is 0.0870. The first kappa shape index (κ1) is 21.6. The Morgan fingerprint density at radius 2 is 1.79 bits per heavy atom. The summed E-state index contributed by atoms with van der Waals surface area (Å²) in [7, 11) is -3.80. The summed E-state index contributed by atoms with van der Waals surface area (Å²) < 4.78 is 28.0. The number of fused-ring (bicyclic) bond motifs is 1. The third-order valence-corrected chi connectivity index (χ3v) is 8.29. The van der Waals surface area contributed by atoms with Crippen molar-refractivity contribution in [2.24, 2.45) is 0 Å². The number of para-hydroxylation sites is 1. The number of rotatable bonds is 5. The Bertz CT molecular complexity index is 1470. The minimum atomic E-state index is -3.80. The van der Waals surface area contributed by atoms with E-state index in [1.165, 1.54) is 27.8 Å². The zero-order valence-corrected chi connectivity index (χ0v) is 19.5. The second kappa shape index (κ2) is 8.58. The van der Waals surface area contributed by atoms with Crippen LogP contribution in [0.4, 0.5) is 10.8 Å². The molecule has 0 bridgehead atoms. The summed E-state index contributed by atoms with van der Waals surface area (Å²) in [5.41, 5.74) is 2.59. The van der Waals surface area contributed by atoms with E-state index in [1.54, 1.807) is 24.3 Å². The molecule has 0 aliphatic carbocycles. The molecule has 0 spiro atoms. The highest BCUT2D eigenvalue weighted by molar-refractivity contribution is 7.92. The molecule has 5 rings (SSSR count). The highest BCUT2D eigenvalue weighted by atomic mass is 35.5. The molecule has 1 amide bonds. The van der Waals surface area contributed by atoms with Crippen molar-refractivity contribution < 1.29 is 13.2 Å². The number of carbonyl (C=O) groups is 1. The van der Waals surface area contributed by atoms with Gasteiger partial charge in [0.1, 0.15) is 0 Å². The van der Waals surface area contributed by atoms with E-state index in [0.717, 1.165) is 11.1 Å². The van der Waals surface area contributed by atoms with Crippen molar-refractivity contribution in [3.8, 4) is 10.6 Å². The number of nitrogens with zero attached hydrogens (tertiary/aromatic N) is 3. The molecule has 4 aromatic rings. The van der Waals surface area contributed by atoms with Gasteiger partial charge in [-0.3, -0.25) is 14.4 Å². The van der Waals surface area contributed by atoms with Crippen LogP contribution in [0, 0.1) is 0 Å². The second-order valence-corrected chi connectivity index (χ2v) is 10.6. The molecule has 1 N–H and O–H groups in total. The first-order valence-electron chi connectivity index (χ1n) is 10.0. The van der Waals surface area contributed by atoms with Gasteiger partial charge in [0.25, 0.3) is 15.9 Å². The zero-order chi connectivity index (χ0) is 23.0. The molecule has 166 valence electrons. The lowest BCUT2D eigenvalue weighted by Crippen LogP contribution is -2.29. The number of nitrogens with one attached hydrogen (secondary N) is 1. The Hall–Kier alpha value is -3.27. The predicted octanol–water partition coefficient (Wildman–Crippen LogP) is 4.86. The summed E-state index contributed by atoms with van der Waals surface area (Å²) in [5, 5.41) is 12.2. The van der Waals surface area contributed by atoms with Crippen molar-refractivity contribution in [3.63, 3.8) is 0 Å². The van der Waals surface area contributed by atoms with Crippen molar-refractivity contribution in [2.75, 3.05) is 16.2 Å². The van der Waals surface area contributed by atoms with E-state index >= 15 is 0 Å². The SMILES string of the molecule is O=C(Nc1nnc(-c2ccccc2Cl)s1)c1cccc(S(=O)(=O)N2CCc3ccccc32)c1. The molecule has 10 heteroatoms. The Morgan fingerprint density at radius 1 is 1.00 bits per heavy atom. The van der Waals surface area contributed by atoms with Crippen LogP contribution in [-0.4, -0.2) is 31.1 Å². The van der Waals surface area contributed by atoms with Gasteiger partial charge in [0, 0.05) is 17.7 Å². The first-order chi connectivity index (χ1) is 15.9. The number of hydrogen-bond donors (Lipinski definition) is 1. The van der Waals surface area contributed by atoms with Crippen LogP contribution in [0.3, 0.4) is 0 Å². The first-order valence-corrected chi connectivity index (χ1v) is 12.7. The highest BCUT2D eigenvalue weighted by Crippen LogP contribution is 2.34. The molecule has 0 fully saturated rings. The van der Waals surface area contributed by atoms with E-state index in [-0.39, 0.29) is 15.6 Å². The monoisotopic (exact) mass is 496 g/mol. The summed E-state index contributed by atoms with van der Waals surface area (Å²) in [6, 6.07) is 20.6. The fourth-order valence-electron chi connectivity index (χ4n) is 3.67. The van der Waals surface area contributed by atoms with Crippen LogP contribution in [0.15, 0.2) is 77.7 Å². The standard InChI is InChI=1S/C23H17ClN4O3S2/c24-19-10-3-2-9-18(19)22-26-27-23(32-22)25-21(29)16-7-5-8-17(14-16)33(30,31)28-13-12-15-6-1-4-11-20(15)28/h1-11,14H,12-13H2,(H,25,27,29). The van der Waals surface area contributed by atoms with Gasteiger partial charge in [0.05, 0.1) is 15.6 Å². The molecule has 1 aliphatic rings. The van der Waals surface area contributed by atoms with Crippen LogP contribution in [0.2, 0.25) is 5.02 Å². The maximum Gasteiger partial charge on any atom is 0.264 e. The molecular formula is C23H17ClN4O3S2. The lowest BCUT2D eigenvalue weighted by atomic mass is 10.2. The van der Waals surface area contributed by atoms with Gasteiger partial charge in [-0.25, -0.2) is 8.42 Å². The van der Waals surface area contributed by atoms with Crippen molar-refractivity contribution in [1.82, 2.24) is 10.2 Å². The van der Waals surface area contributed by atoms with Gasteiger partial charge in [0.15, 0.2) is 5.01 Å². The number of benzene rings is 3. The summed E-state index contributed by atoms with van der Waals surface area (Å²) >= 11 is 7.39. The van der Waals surface area contributed by atoms with E-state index in [2.05, 4.69) is 15.5 Å². The van der Waals surface area contributed by atoms with E-state index in [1.807, 2.05) is 36.4 Å². The number of hydrogen-bond acceptors (Lipinski definition) is 6. The largest absolute Gasteiger partial charge is 0.296 e. The van der Waals surface area contributed by atoms with Crippen LogP contribution in [0.5, 0.6) is 0 Å². The number of sulfonamides is 1. The molecule has 0 radical (unpaired) electrons. The van der Waals surface area contributed by atoms with Crippen molar-refractivity contribution in [3.05, 3.63) is 88.9 Å². The quantitative estimate of drug-likeness (QED) is 0.426. The molecule has 1 aliphatic heterocycles. The molecule has 1 aromatic heterocycles. The maximum absolute atomic E-state index is 13.3. The van der Waals surface area contributed by atoms with Crippen LogP contribution < -0.4 is 9.62 Å². The van der Waals surface area contributed by atoms with Gasteiger partial charge in [-0.05, 0) is 42.3 Å². The van der Waals surface area contributed by atoms with Crippen molar-refractivity contribution >= 4 is 49.7 Å². The topological polar surface area (TPSA) is 92.3 Å². The van der Waals surface area contributed by atoms with Crippen molar-refractivity contribution in [1.29, 1.82) is 0 Å². The summed E-state index contributed by atoms with van der Waals surface area (Å²) in [5.74, 6) is -0.476. The summed E-state index contributed by atoms with van der Waals surface area (Å²) in [6.07, 6.45) is 0.653. The van der Waals surface area contributed by atoms with Gasteiger partial charge in [-0.1, -0.05) is 65.4 Å². The Morgan fingerprint density at radius 3 is 2.64 bits per heavy atom. The van der Waals surface area contributed by atoms with Gasteiger partial charge in [-0.15, -0.1) is 10.2 Å². The smallest absolute Gasteiger partial charge is 0.264 e. The van der Waals surface area contributed by atoms with Crippen LogP contribution in [-0.2, 0) is 16.4 Å². The third kappa shape index (κ3) is 4.10. The Balaban J connectivity index is 1.38.